The van der Waals surface area contributed by atoms with Gasteiger partial charge in [-0.1, -0.05) is 5.16 Å². The molecule has 2 heterocycles. The SMILES string of the molecule is Cc1nc2onc(C(=O)O)c2c(=O)[nH]1. The van der Waals surface area contributed by atoms with E-state index in [-0.39, 0.29) is 11.1 Å². The fourth-order valence-corrected chi connectivity index (χ4v) is 1.12. The molecule has 0 radical (unpaired) electrons. The molecular formula is C7H5N3O4. The van der Waals surface area contributed by atoms with Crippen molar-refractivity contribution < 1.29 is 14.4 Å². The van der Waals surface area contributed by atoms with E-state index in [0.717, 1.165) is 0 Å². The molecule has 14 heavy (non-hydrogen) atoms. The van der Waals surface area contributed by atoms with E-state index in [0.29, 0.717) is 5.82 Å². The number of carboxylic acids is 1. The minimum atomic E-state index is -1.32. The normalized spacial score (nSPS) is 10.6. The van der Waals surface area contributed by atoms with Gasteiger partial charge < -0.3 is 14.6 Å². The van der Waals surface area contributed by atoms with Crippen LogP contribution >= 0.6 is 0 Å². The van der Waals surface area contributed by atoms with Crippen molar-refractivity contribution in [2.45, 2.75) is 6.92 Å². The predicted octanol–water partition coefficient (Wildman–Crippen LogP) is -0.0823. The second-order valence-corrected chi connectivity index (χ2v) is 2.67. The topological polar surface area (TPSA) is 109 Å². The highest BCUT2D eigenvalue weighted by Crippen LogP contribution is 2.11. The van der Waals surface area contributed by atoms with Crippen molar-refractivity contribution in [3.8, 4) is 0 Å². The number of aryl methyl sites for hydroxylation is 1. The van der Waals surface area contributed by atoms with Crippen LogP contribution in [-0.2, 0) is 0 Å². The molecule has 7 nitrogen and oxygen atoms in total. The number of nitrogens with zero attached hydrogens (tertiary/aromatic N) is 2. The van der Waals surface area contributed by atoms with Crippen LogP contribution in [0.15, 0.2) is 9.32 Å². The molecule has 0 fully saturated rings. The summed E-state index contributed by atoms with van der Waals surface area (Å²) in [6.07, 6.45) is 0. The lowest BCUT2D eigenvalue weighted by Crippen LogP contribution is -2.11. The van der Waals surface area contributed by atoms with Crippen LogP contribution in [0.3, 0.4) is 0 Å². The first-order valence-electron chi connectivity index (χ1n) is 3.69. The predicted molar refractivity (Wildman–Crippen MR) is 44.1 cm³/mol. The molecule has 0 aliphatic heterocycles. The summed E-state index contributed by atoms with van der Waals surface area (Å²) >= 11 is 0. The molecule has 2 rings (SSSR count). The fraction of sp³-hybridized carbons (Fsp3) is 0.143. The molecule has 0 saturated carbocycles. The minimum Gasteiger partial charge on any atom is -0.476 e. The average Bonchev–Trinajstić information content (AvgIpc) is 2.47. The Kier molecular flexibility index (Phi) is 1.60. The van der Waals surface area contributed by atoms with Gasteiger partial charge in [-0.05, 0) is 6.92 Å². The second-order valence-electron chi connectivity index (χ2n) is 2.67. The van der Waals surface area contributed by atoms with Crippen LogP contribution in [-0.4, -0.2) is 26.2 Å². The van der Waals surface area contributed by atoms with Gasteiger partial charge in [-0.2, -0.15) is 4.98 Å². The van der Waals surface area contributed by atoms with E-state index in [9.17, 15) is 9.59 Å². The largest absolute Gasteiger partial charge is 0.476 e. The van der Waals surface area contributed by atoms with E-state index in [1.54, 1.807) is 6.92 Å². The monoisotopic (exact) mass is 195 g/mol. The Morgan fingerprint density at radius 1 is 1.57 bits per heavy atom. The van der Waals surface area contributed by atoms with E-state index in [1.165, 1.54) is 0 Å². The molecule has 2 N–H and O–H groups in total. The highest BCUT2D eigenvalue weighted by molar-refractivity contribution is 5.98. The second kappa shape index (κ2) is 2.66. The summed E-state index contributed by atoms with van der Waals surface area (Å²) in [5, 5.41) is 11.8. The summed E-state index contributed by atoms with van der Waals surface area (Å²) in [6, 6.07) is 0. The van der Waals surface area contributed by atoms with Crippen molar-refractivity contribution in [1.82, 2.24) is 15.1 Å². The highest BCUT2D eigenvalue weighted by Gasteiger charge is 2.19. The first kappa shape index (κ1) is 8.42. The summed E-state index contributed by atoms with van der Waals surface area (Å²) in [5.74, 6) is -0.976. The summed E-state index contributed by atoms with van der Waals surface area (Å²) in [7, 11) is 0. The number of H-pyrrole nitrogens is 1. The van der Waals surface area contributed by atoms with Crippen LogP contribution in [0.2, 0.25) is 0 Å². The number of carboxylic acid groups (broad SMARTS) is 1. The molecule has 0 bridgehead atoms. The lowest BCUT2D eigenvalue weighted by atomic mass is 10.3. The van der Waals surface area contributed by atoms with E-state index >= 15 is 0 Å². The van der Waals surface area contributed by atoms with Gasteiger partial charge in [0.25, 0.3) is 11.3 Å². The first-order chi connectivity index (χ1) is 6.59. The molecule has 7 heteroatoms. The number of aromatic amines is 1. The summed E-state index contributed by atoms with van der Waals surface area (Å²) in [6.45, 7) is 1.56. The highest BCUT2D eigenvalue weighted by atomic mass is 16.5. The number of hydrogen-bond acceptors (Lipinski definition) is 5. The molecule has 2 aromatic rings. The third-order valence-electron chi connectivity index (χ3n) is 1.67. The van der Waals surface area contributed by atoms with Gasteiger partial charge in [0.2, 0.25) is 5.69 Å². The molecule has 0 aromatic carbocycles. The van der Waals surface area contributed by atoms with Crippen LogP contribution in [0.1, 0.15) is 16.3 Å². The van der Waals surface area contributed by atoms with E-state index in [1.807, 2.05) is 0 Å². The number of carbonyl (C=O) groups is 1. The van der Waals surface area contributed by atoms with Gasteiger partial charge >= 0.3 is 5.97 Å². The number of aromatic nitrogens is 3. The van der Waals surface area contributed by atoms with Gasteiger partial charge in [-0.15, -0.1) is 0 Å². The standard InChI is InChI=1S/C7H5N3O4/c1-2-8-5(11)3-4(7(12)13)10-14-6(3)9-2/h1H3,(H,12,13)(H,8,9,11). The number of aromatic carboxylic acids is 1. The first-order valence-corrected chi connectivity index (χ1v) is 3.69. The molecule has 0 unspecified atom stereocenters. The Bertz CT molecular complexity index is 568. The van der Waals surface area contributed by atoms with Crippen molar-refractivity contribution in [2.75, 3.05) is 0 Å². The number of hydrogen-bond donors (Lipinski definition) is 2. The lowest BCUT2D eigenvalue weighted by molar-refractivity contribution is 0.0687. The Morgan fingerprint density at radius 3 is 2.93 bits per heavy atom. The lowest BCUT2D eigenvalue weighted by Gasteiger charge is -1.89. The Hall–Kier alpha value is -2.18. The Morgan fingerprint density at radius 2 is 2.29 bits per heavy atom. The van der Waals surface area contributed by atoms with Crippen LogP contribution in [0.5, 0.6) is 0 Å². The number of fused-ring (bicyclic) bond motifs is 1. The van der Waals surface area contributed by atoms with Crippen molar-refractivity contribution in [1.29, 1.82) is 0 Å². The van der Waals surface area contributed by atoms with Gasteiger partial charge in [0, 0.05) is 0 Å². The zero-order valence-corrected chi connectivity index (χ0v) is 7.07. The van der Waals surface area contributed by atoms with Gasteiger partial charge in [-0.3, -0.25) is 4.79 Å². The molecule has 0 spiro atoms. The molecule has 0 saturated heterocycles. The molecule has 72 valence electrons. The molecule has 0 amide bonds. The summed E-state index contributed by atoms with van der Waals surface area (Å²) in [4.78, 5) is 28.1. The quantitative estimate of drug-likeness (QED) is 0.658. The van der Waals surface area contributed by atoms with E-state index in [4.69, 9.17) is 5.11 Å². The molecular weight excluding hydrogens is 190 g/mol. The average molecular weight is 195 g/mol. The maximum atomic E-state index is 11.3. The third-order valence-corrected chi connectivity index (χ3v) is 1.67. The van der Waals surface area contributed by atoms with E-state index in [2.05, 4.69) is 19.6 Å². The zero-order chi connectivity index (χ0) is 10.3. The summed E-state index contributed by atoms with van der Waals surface area (Å²) < 4.78 is 4.61. The van der Waals surface area contributed by atoms with E-state index < -0.39 is 17.2 Å². The molecule has 0 aliphatic carbocycles. The minimum absolute atomic E-state index is 0.0661. The van der Waals surface area contributed by atoms with Crippen LogP contribution in [0, 0.1) is 6.92 Å². The molecule has 0 atom stereocenters. The van der Waals surface area contributed by atoms with Crippen molar-refractivity contribution in [2.24, 2.45) is 0 Å². The summed E-state index contributed by atoms with van der Waals surface area (Å²) in [5.41, 5.74) is -1.05. The number of nitrogens with one attached hydrogen (secondary N) is 1. The third kappa shape index (κ3) is 1.06. The van der Waals surface area contributed by atoms with Crippen LogP contribution in [0.4, 0.5) is 0 Å². The van der Waals surface area contributed by atoms with Crippen LogP contribution < -0.4 is 5.56 Å². The van der Waals surface area contributed by atoms with Gasteiger partial charge in [-0.25, -0.2) is 4.79 Å². The van der Waals surface area contributed by atoms with Crippen molar-refractivity contribution in [3.05, 3.63) is 21.9 Å². The number of rotatable bonds is 1. The van der Waals surface area contributed by atoms with Gasteiger partial charge in [0.1, 0.15) is 11.2 Å². The van der Waals surface area contributed by atoms with Crippen LogP contribution in [0.25, 0.3) is 11.1 Å². The molecule has 0 aliphatic rings. The van der Waals surface area contributed by atoms with Gasteiger partial charge in [0.05, 0.1) is 0 Å². The zero-order valence-electron chi connectivity index (χ0n) is 7.07. The smallest absolute Gasteiger partial charge is 0.359 e. The van der Waals surface area contributed by atoms with Crippen molar-refractivity contribution in [3.63, 3.8) is 0 Å². The Labute approximate surface area is 76.4 Å². The fourth-order valence-electron chi connectivity index (χ4n) is 1.12. The molecule has 2 aromatic heterocycles. The Balaban J connectivity index is 2.93. The van der Waals surface area contributed by atoms with Crippen molar-refractivity contribution >= 4 is 17.1 Å². The maximum absolute atomic E-state index is 11.3. The van der Waals surface area contributed by atoms with Gasteiger partial charge in [0.15, 0.2) is 0 Å². The maximum Gasteiger partial charge on any atom is 0.359 e.